The van der Waals surface area contributed by atoms with E-state index in [4.69, 9.17) is 5.73 Å². The smallest absolute Gasteiger partial charge is 0.234 e. The Morgan fingerprint density at radius 3 is 2.61 bits per heavy atom. The van der Waals surface area contributed by atoms with Gasteiger partial charge in [0, 0.05) is 18.9 Å². The molecule has 0 radical (unpaired) electrons. The molecule has 4 nitrogen and oxygen atoms in total. The van der Waals surface area contributed by atoms with Gasteiger partial charge in [0.1, 0.15) is 0 Å². The van der Waals surface area contributed by atoms with Crippen LogP contribution in [0, 0.1) is 5.41 Å². The van der Waals surface area contributed by atoms with Crippen LogP contribution in [-0.2, 0) is 11.3 Å². The Labute approximate surface area is 115 Å². The monoisotopic (exact) mass is 271 g/mol. The molecule has 1 unspecified atom stereocenters. The lowest BCUT2D eigenvalue weighted by Crippen LogP contribution is -2.43. The third-order valence-corrected chi connectivity index (χ3v) is 2.44. The first-order valence-electron chi connectivity index (χ1n) is 5.80. The Balaban J connectivity index is 0.00000289. The average Bonchev–Trinajstić information content (AvgIpc) is 2.24. The van der Waals surface area contributed by atoms with Crippen LogP contribution in [0.3, 0.4) is 0 Å². The molecule has 0 aliphatic rings. The normalized spacial score (nSPS) is 12.6. The highest BCUT2D eigenvalue weighted by Gasteiger charge is 2.22. The summed E-state index contributed by atoms with van der Waals surface area (Å²) in [5.41, 5.74) is 6.51. The van der Waals surface area contributed by atoms with Crippen molar-refractivity contribution in [1.82, 2.24) is 10.3 Å². The number of pyridine rings is 1. The summed E-state index contributed by atoms with van der Waals surface area (Å²) in [6, 6.07) is 3.55. The predicted octanol–water partition coefficient (Wildman–Crippen LogP) is 1.88. The van der Waals surface area contributed by atoms with Crippen LogP contribution in [0.1, 0.15) is 32.8 Å². The van der Waals surface area contributed by atoms with Gasteiger partial charge in [-0.2, -0.15) is 0 Å². The largest absolute Gasteiger partial charge is 0.368 e. The van der Waals surface area contributed by atoms with E-state index in [2.05, 4.69) is 31.1 Å². The van der Waals surface area contributed by atoms with Gasteiger partial charge in [-0.15, -0.1) is 12.4 Å². The minimum atomic E-state index is -0.302. The fraction of sp³-hybridized carbons (Fsp3) is 0.538. The molecular weight excluding hydrogens is 250 g/mol. The number of rotatable bonds is 5. The third-order valence-electron chi connectivity index (χ3n) is 2.44. The maximum Gasteiger partial charge on any atom is 0.234 e. The fourth-order valence-corrected chi connectivity index (χ4v) is 1.63. The van der Waals surface area contributed by atoms with Crippen LogP contribution in [0.5, 0.6) is 0 Å². The number of primary amides is 1. The van der Waals surface area contributed by atoms with E-state index < -0.39 is 0 Å². The van der Waals surface area contributed by atoms with E-state index >= 15 is 0 Å². The molecule has 1 aromatic rings. The second kappa shape index (κ2) is 7.34. The van der Waals surface area contributed by atoms with Crippen molar-refractivity contribution in [2.45, 2.75) is 39.8 Å². The number of halogens is 1. The quantitative estimate of drug-likeness (QED) is 0.859. The van der Waals surface area contributed by atoms with Crippen LogP contribution < -0.4 is 11.1 Å². The van der Waals surface area contributed by atoms with Gasteiger partial charge >= 0.3 is 0 Å². The summed E-state index contributed by atoms with van der Waals surface area (Å²) in [6.07, 6.45) is 4.23. The molecule has 0 aliphatic heterocycles. The highest BCUT2D eigenvalue weighted by Crippen LogP contribution is 2.20. The summed E-state index contributed by atoms with van der Waals surface area (Å²) < 4.78 is 0. The van der Waals surface area contributed by atoms with E-state index in [0.717, 1.165) is 12.0 Å². The number of hydrogen-bond donors (Lipinski definition) is 2. The molecule has 0 spiro atoms. The minimum Gasteiger partial charge on any atom is -0.368 e. The van der Waals surface area contributed by atoms with Crippen molar-refractivity contribution < 1.29 is 4.79 Å². The van der Waals surface area contributed by atoms with E-state index in [9.17, 15) is 4.79 Å². The molecule has 18 heavy (non-hydrogen) atoms. The van der Waals surface area contributed by atoms with Crippen molar-refractivity contribution in [3.05, 3.63) is 30.1 Å². The number of hydrogen-bond acceptors (Lipinski definition) is 3. The first kappa shape index (κ1) is 16.9. The second-order valence-electron chi connectivity index (χ2n) is 5.46. The lowest BCUT2D eigenvalue weighted by Gasteiger charge is -2.24. The standard InChI is InChI=1S/C13H21N3O.ClH/c1-13(2,3)7-11(12(14)17)16-9-10-5-4-6-15-8-10;/h4-6,8,11,16H,7,9H2,1-3H3,(H2,14,17);1H. The molecule has 1 atom stereocenters. The van der Waals surface area contributed by atoms with Crippen molar-refractivity contribution in [3.8, 4) is 0 Å². The molecule has 0 aliphatic carbocycles. The van der Waals surface area contributed by atoms with Crippen LogP contribution in [0.4, 0.5) is 0 Å². The van der Waals surface area contributed by atoms with E-state index in [1.807, 2.05) is 12.1 Å². The number of carbonyl (C=O) groups is 1. The summed E-state index contributed by atoms with van der Waals surface area (Å²) >= 11 is 0. The van der Waals surface area contributed by atoms with Gasteiger partial charge in [-0.3, -0.25) is 9.78 Å². The molecule has 102 valence electrons. The molecule has 0 saturated carbocycles. The topological polar surface area (TPSA) is 68.0 Å². The predicted molar refractivity (Wildman–Crippen MR) is 75.4 cm³/mol. The molecular formula is C13H22ClN3O. The maximum absolute atomic E-state index is 11.3. The number of amides is 1. The van der Waals surface area contributed by atoms with Gasteiger partial charge in [0.05, 0.1) is 6.04 Å². The molecule has 0 bridgehead atoms. The van der Waals surface area contributed by atoms with E-state index in [0.29, 0.717) is 6.54 Å². The first-order chi connectivity index (χ1) is 7.88. The molecule has 1 aromatic heterocycles. The zero-order valence-corrected chi connectivity index (χ0v) is 12.0. The zero-order chi connectivity index (χ0) is 12.9. The Hall–Kier alpha value is -1.13. The third kappa shape index (κ3) is 6.57. The van der Waals surface area contributed by atoms with E-state index in [1.54, 1.807) is 12.4 Å². The number of aromatic nitrogens is 1. The van der Waals surface area contributed by atoms with Gasteiger partial charge in [-0.05, 0) is 23.5 Å². The van der Waals surface area contributed by atoms with Gasteiger partial charge in [0.25, 0.3) is 0 Å². The molecule has 1 rings (SSSR count). The molecule has 1 heterocycles. The molecule has 0 fully saturated rings. The van der Waals surface area contributed by atoms with Crippen molar-refractivity contribution >= 4 is 18.3 Å². The highest BCUT2D eigenvalue weighted by atomic mass is 35.5. The van der Waals surface area contributed by atoms with E-state index in [-0.39, 0.29) is 29.8 Å². The van der Waals surface area contributed by atoms with Crippen molar-refractivity contribution in [3.63, 3.8) is 0 Å². The summed E-state index contributed by atoms with van der Waals surface area (Å²) in [4.78, 5) is 15.4. The minimum absolute atomic E-state index is 0. The zero-order valence-electron chi connectivity index (χ0n) is 11.1. The average molecular weight is 272 g/mol. The molecule has 0 aromatic carbocycles. The molecule has 5 heteroatoms. The number of nitrogens with two attached hydrogens (primary N) is 1. The van der Waals surface area contributed by atoms with Crippen LogP contribution in [0.25, 0.3) is 0 Å². The molecule has 0 saturated heterocycles. The fourth-order valence-electron chi connectivity index (χ4n) is 1.63. The lowest BCUT2D eigenvalue weighted by atomic mass is 9.88. The Kier molecular flexibility index (Phi) is 6.88. The van der Waals surface area contributed by atoms with Crippen LogP contribution in [-0.4, -0.2) is 16.9 Å². The van der Waals surface area contributed by atoms with Gasteiger partial charge < -0.3 is 11.1 Å². The van der Waals surface area contributed by atoms with Gasteiger partial charge in [0.15, 0.2) is 0 Å². The van der Waals surface area contributed by atoms with Crippen molar-refractivity contribution in [2.75, 3.05) is 0 Å². The summed E-state index contributed by atoms with van der Waals surface area (Å²) in [5.74, 6) is -0.302. The van der Waals surface area contributed by atoms with Gasteiger partial charge in [-0.25, -0.2) is 0 Å². The van der Waals surface area contributed by atoms with Gasteiger partial charge in [0.2, 0.25) is 5.91 Å². The summed E-state index contributed by atoms with van der Waals surface area (Å²) in [7, 11) is 0. The summed E-state index contributed by atoms with van der Waals surface area (Å²) in [5, 5.41) is 3.18. The lowest BCUT2D eigenvalue weighted by molar-refractivity contribution is -0.120. The Bertz CT molecular complexity index is 362. The molecule has 3 N–H and O–H groups in total. The van der Waals surface area contributed by atoms with Crippen LogP contribution in [0.2, 0.25) is 0 Å². The van der Waals surface area contributed by atoms with Crippen LogP contribution >= 0.6 is 12.4 Å². The maximum atomic E-state index is 11.3. The number of nitrogens with zero attached hydrogens (tertiary/aromatic N) is 1. The Morgan fingerprint density at radius 2 is 2.17 bits per heavy atom. The van der Waals surface area contributed by atoms with Gasteiger partial charge in [-0.1, -0.05) is 26.8 Å². The molecule has 1 amide bonds. The highest BCUT2D eigenvalue weighted by molar-refractivity contribution is 5.85. The van der Waals surface area contributed by atoms with E-state index in [1.165, 1.54) is 0 Å². The number of carbonyl (C=O) groups excluding carboxylic acids is 1. The SMILES string of the molecule is CC(C)(C)CC(NCc1cccnc1)C(N)=O.Cl. The van der Waals surface area contributed by atoms with Crippen molar-refractivity contribution in [2.24, 2.45) is 11.1 Å². The Morgan fingerprint density at radius 1 is 1.50 bits per heavy atom. The first-order valence-corrected chi connectivity index (χ1v) is 5.80. The van der Waals surface area contributed by atoms with Crippen molar-refractivity contribution in [1.29, 1.82) is 0 Å². The number of nitrogens with one attached hydrogen (secondary N) is 1. The second-order valence-corrected chi connectivity index (χ2v) is 5.46. The summed E-state index contributed by atoms with van der Waals surface area (Å²) in [6.45, 7) is 6.88. The van der Waals surface area contributed by atoms with Crippen LogP contribution in [0.15, 0.2) is 24.5 Å².